The number of rotatable bonds is 1. The summed E-state index contributed by atoms with van der Waals surface area (Å²) in [5, 5.41) is 8.81. The Kier molecular flexibility index (Phi) is 1.33. The molecule has 4 nitrogen and oxygen atoms in total. The molecule has 4 heteroatoms. The van der Waals surface area contributed by atoms with Gasteiger partial charge < -0.3 is 5.11 Å². The molecule has 0 aliphatic heterocycles. The van der Waals surface area contributed by atoms with Gasteiger partial charge in [-0.15, -0.1) is 0 Å². The monoisotopic (exact) mass is 149 g/mol. The van der Waals surface area contributed by atoms with Crippen LogP contribution in [0.4, 0.5) is 0 Å². The fourth-order valence-electron chi connectivity index (χ4n) is 1.01. The molecule has 0 fully saturated rings. The Morgan fingerprint density at radius 2 is 2.36 bits per heavy atom. The van der Waals surface area contributed by atoms with Crippen LogP contribution in [0.2, 0.25) is 0 Å². The van der Waals surface area contributed by atoms with E-state index in [0.717, 1.165) is 5.65 Å². The summed E-state index contributed by atoms with van der Waals surface area (Å²) in [5.74, 6) is 0.619. The lowest BCUT2D eigenvalue weighted by atomic mass is 10.6. The van der Waals surface area contributed by atoms with Crippen LogP contribution >= 0.6 is 0 Å². The number of aromatic nitrogens is 3. The maximum atomic E-state index is 8.81. The molecule has 2 aromatic rings. The molecular weight excluding hydrogens is 142 g/mol. The zero-order chi connectivity index (χ0) is 7.68. The van der Waals surface area contributed by atoms with Crippen LogP contribution in [0.25, 0.3) is 5.65 Å². The Bertz CT molecular complexity index is 368. The second-order valence-electron chi connectivity index (χ2n) is 2.18. The van der Waals surface area contributed by atoms with Crippen molar-refractivity contribution in [2.24, 2.45) is 0 Å². The number of aliphatic hydroxyl groups excluding tert-OH is 1. The summed E-state index contributed by atoms with van der Waals surface area (Å²) >= 11 is 0. The van der Waals surface area contributed by atoms with E-state index in [1.807, 2.05) is 6.20 Å². The molecular formula is C7H7N3O. The molecule has 0 amide bonds. The van der Waals surface area contributed by atoms with E-state index < -0.39 is 0 Å². The van der Waals surface area contributed by atoms with Crippen LogP contribution in [-0.4, -0.2) is 19.5 Å². The highest BCUT2D eigenvalue weighted by Crippen LogP contribution is 2.01. The van der Waals surface area contributed by atoms with Crippen molar-refractivity contribution in [2.45, 2.75) is 6.61 Å². The first kappa shape index (κ1) is 6.30. The van der Waals surface area contributed by atoms with Crippen LogP contribution in [0.5, 0.6) is 0 Å². The van der Waals surface area contributed by atoms with Gasteiger partial charge in [-0.1, -0.05) is 0 Å². The standard InChI is InChI=1S/C7H7N3O/c11-5-7-9-4-6-8-2-1-3-10(6)7/h1-4,11H,5H2. The maximum absolute atomic E-state index is 8.81. The predicted octanol–water partition coefficient (Wildman–Crippen LogP) is 0.222. The van der Waals surface area contributed by atoms with E-state index in [9.17, 15) is 0 Å². The molecule has 0 spiro atoms. The second kappa shape index (κ2) is 2.32. The van der Waals surface area contributed by atoms with Crippen molar-refractivity contribution in [3.05, 3.63) is 30.5 Å². The highest BCUT2D eigenvalue weighted by Gasteiger charge is 1.99. The van der Waals surface area contributed by atoms with Crippen LogP contribution in [0.1, 0.15) is 5.82 Å². The quantitative estimate of drug-likeness (QED) is 0.631. The molecule has 0 bridgehead atoms. The zero-order valence-corrected chi connectivity index (χ0v) is 5.81. The molecule has 0 aromatic carbocycles. The van der Waals surface area contributed by atoms with E-state index in [0.29, 0.717) is 5.82 Å². The van der Waals surface area contributed by atoms with Gasteiger partial charge in [0, 0.05) is 12.4 Å². The van der Waals surface area contributed by atoms with Crippen molar-refractivity contribution in [3.63, 3.8) is 0 Å². The number of aliphatic hydroxyl groups is 1. The summed E-state index contributed by atoms with van der Waals surface area (Å²) in [6, 6.07) is 1.80. The molecule has 0 aliphatic carbocycles. The largest absolute Gasteiger partial charge is 0.388 e. The van der Waals surface area contributed by atoms with E-state index in [1.54, 1.807) is 22.9 Å². The van der Waals surface area contributed by atoms with Gasteiger partial charge in [0.2, 0.25) is 0 Å². The third-order valence-corrected chi connectivity index (χ3v) is 1.52. The highest BCUT2D eigenvalue weighted by atomic mass is 16.3. The zero-order valence-electron chi connectivity index (χ0n) is 5.81. The molecule has 0 saturated carbocycles. The Morgan fingerprint density at radius 3 is 3.18 bits per heavy atom. The first-order valence-electron chi connectivity index (χ1n) is 3.29. The van der Waals surface area contributed by atoms with Gasteiger partial charge in [0.25, 0.3) is 0 Å². The van der Waals surface area contributed by atoms with Gasteiger partial charge in [0.05, 0.1) is 6.20 Å². The van der Waals surface area contributed by atoms with Gasteiger partial charge in [-0.05, 0) is 6.07 Å². The van der Waals surface area contributed by atoms with E-state index in [1.165, 1.54) is 0 Å². The topological polar surface area (TPSA) is 50.4 Å². The third kappa shape index (κ3) is 0.877. The molecule has 56 valence electrons. The molecule has 11 heavy (non-hydrogen) atoms. The minimum atomic E-state index is -0.0557. The number of nitrogens with zero attached hydrogens (tertiary/aromatic N) is 3. The summed E-state index contributed by atoms with van der Waals surface area (Å²) < 4.78 is 1.75. The van der Waals surface area contributed by atoms with Gasteiger partial charge in [0.1, 0.15) is 12.4 Å². The Morgan fingerprint density at radius 1 is 1.45 bits per heavy atom. The van der Waals surface area contributed by atoms with Crippen LogP contribution in [0.3, 0.4) is 0 Å². The number of imidazole rings is 1. The van der Waals surface area contributed by atoms with Gasteiger partial charge in [-0.25, -0.2) is 9.97 Å². The van der Waals surface area contributed by atoms with Crippen molar-refractivity contribution in [2.75, 3.05) is 0 Å². The minimum Gasteiger partial charge on any atom is -0.388 e. The average Bonchev–Trinajstić information content (AvgIpc) is 2.47. The molecule has 0 unspecified atom stereocenters. The summed E-state index contributed by atoms with van der Waals surface area (Å²) in [7, 11) is 0. The van der Waals surface area contributed by atoms with Gasteiger partial charge >= 0.3 is 0 Å². The molecule has 0 aliphatic rings. The molecule has 0 atom stereocenters. The van der Waals surface area contributed by atoms with E-state index in [-0.39, 0.29) is 6.61 Å². The maximum Gasteiger partial charge on any atom is 0.156 e. The molecule has 0 saturated heterocycles. The molecule has 0 radical (unpaired) electrons. The van der Waals surface area contributed by atoms with Crippen molar-refractivity contribution >= 4 is 5.65 Å². The summed E-state index contributed by atoms with van der Waals surface area (Å²) in [4.78, 5) is 8.00. The van der Waals surface area contributed by atoms with Gasteiger partial charge in [0.15, 0.2) is 5.65 Å². The van der Waals surface area contributed by atoms with E-state index >= 15 is 0 Å². The first-order valence-corrected chi connectivity index (χ1v) is 3.29. The van der Waals surface area contributed by atoms with Crippen molar-refractivity contribution in [1.29, 1.82) is 0 Å². The molecule has 1 N–H and O–H groups in total. The molecule has 2 heterocycles. The summed E-state index contributed by atoms with van der Waals surface area (Å²) in [6.07, 6.45) is 5.14. The number of hydrogen-bond donors (Lipinski definition) is 1. The Labute approximate surface area is 63.1 Å². The van der Waals surface area contributed by atoms with Crippen LogP contribution < -0.4 is 0 Å². The van der Waals surface area contributed by atoms with Crippen LogP contribution in [0.15, 0.2) is 24.7 Å². The SMILES string of the molecule is OCc1ncc2ncccn12. The molecule has 2 rings (SSSR count). The lowest BCUT2D eigenvalue weighted by molar-refractivity contribution is 0.270. The molecule has 2 aromatic heterocycles. The fourth-order valence-corrected chi connectivity index (χ4v) is 1.01. The second-order valence-corrected chi connectivity index (χ2v) is 2.18. The van der Waals surface area contributed by atoms with E-state index in [4.69, 9.17) is 5.11 Å². The van der Waals surface area contributed by atoms with Crippen LogP contribution in [0, 0.1) is 0 Å². The number of hydrogen-bond acceptors (Lipinski definition) is 3. The lowest BCUT2D eigenvalue weighted by Crippen LogP contribution is -1.93. The van der Waals surface area contributed by atoms with Gasteiger partial charge in [-0.2, -0.15) is 0 Å². The smallest absolute Gasteiger partial charge is 0.156 e. The lowest BCUT2D eigenvalue weighted by Gasteiger charge is -1.93. The summed E-state index contributed by atoms with van der Waals surface area (Å²) in [6.45, 7) is -0.0557. The normalized spacial score (nSPS) is 10.6. The van der Waals surface area contributed by atoms with Crippen molar-refractivity contribution < 1.29 is 5.11 Å². The average molecular weight is 149 g/mol. The summed E-state index contributed by atoms with van der Waals surface area (Å²) in [5.41, 5.74) is 0.761. The van der Waals surface area contributed by atoms with Crippen molar-refractivity contribution in [3.8, 4) is 0 Å². The van der Waals surface area contributed by atoms with Crippen LogP contribution in [-0.2, 0) is 6.61 Å². The Hall–Kier alpha value is -1.42. The van der Waals surface area contributed by atoms with Crippen molar-refractivity contribution in [1.82, 2.24) is 14.4 Å². The highest BCUT2D eigenvalue weighted by molar-refractivity contribution is 5.35. The minimum absolute atomic E-state index is 0.0557. The Balaban J connectivity index is 2.76. The van der Waals surface area contributed by atoms with E-state index in [2.05, 4.69) is 9.97 Å². The predicted molar refractivity (Wildman–Crippen MR) is 38.9 cm³/mol. The fraction of sp³-hybridized carbons (Fsp3) is 0.143. The third-order valence-electron chi connectivity index (χ3n) is 1.52. The first-order chi connectivity index (χ1) is 5.42. The van der Waals surface area contributed by atoms with Gasteiger partial charge in [-0.3, -0.25) is 4.40 Å². The number of fused-ring (bicyclic) bond motifs is 1.